The summed E-state index contributed by atoms with van der Waals surface area (Å²) in [5, 5.41) is 18.4. The number of H-pyrrole nitrogens is 1. The van der Waals surface area contributed by atoms with E-state index in [2.05, 4.69) is 43.1 Å². The molecule has 0 saturated carbocycles. The average Bonchev–Trinajstić information content (AvgIpc) is 3.29. The van der Waals surface area contributed by atoms with Crippen LogP contribution in [0.25, 0.3) is 33.6 Å². The van der Waals surface area contributed by atoms with E-state index in [-0.39, 0.29) is 0 Å². The number of nitrogens with one attached hydrogen (secondary N) is 2. The first-order valence-electron chi connectivity index (χ1n) is 8.10. The van der Waals surface area contributed by atoms with Crippen molar-refractivity contribution in [2.45, 2.75) is 15.0 Å². The van der Waals surface area contributed by atoms with Crippen molar-refractivity contribution in [2.24, 2.45) is 0 Å². The first-order valence-corrected chi connectivity index (χ1v) is 9.43. The Morgan fingerprint density at radius 1 is 1.23 bits per heavy atom. The Hall–Kier alpha value is -2.36. The van der Waals surface area contributed by atoms with E-state index in [9.17, 15) is 0 Å². The molecule has 0 radical (unpaired) electrons. The number of tetrazole rings is 1. The van der Waals surface area contributed by atoms with Crippen LogP contribution in [0.4, 0.5) is 0 Å². The lowest BCUT2D eigenvalue weighted by Crippen LogP contribution is -2.44. The number of hydrogen-bond acceptors (Lipinski definition) is 8. The molecule has 7 nitrogen and oxygen atoms in total. The molecule has 0 bridgehead atoms. The zero-order chi connectivity index (χ0) is 17.5. The molecule has 0 aliphatic carbocycles. The van der Waals surface area contributed by atoms with Crippen molar-refractivity contribution in [1.29, 1.82) is 0 Å². The van der Waals surface area contributed by atoms with Crippen molar-refractivity contribution in [2.75, 3.05) is 13.1 Å². The van der Waals surface area contributed by atoms with Gasteiger partial charge in [-0.25, -0.2) is 0 Å². The molecule has 4 heterocycles. The van der Waals surface area contributed by atoms with Crippen LogP contribution in [0.15, 0.2) is 50.9 Å². The molecule has 3 aromatic heterocycles. The third kappa shape index (κ3) is 2.68. The van der Waals surface area contributed by atoms with Crippen LogP contribution < -0.4 is 5.32 Å². The van der Waals surface area contributed by atoms with Crippen LogP contribution in [0.5, 0.6) is 0 Å². The third-order valence-electron chi connectivity index (χ3n) is 4.36. The van der Waals surface area contributed by atoms with Crippen LogP contribution in [-0.2, 0) is 0 Å². The fourth-order valence-corrected chi connectivity index (χ4v) is 4.50. The highest BCUT2D eigenvalue weighted by Gasteiger charge is 2.23. The SMILES string of the molecule is Sc1c(SC2CNC2)ccc(-c2cnc3ccoc3c2)c1-c1nn[nH]n1. The molecule has 130 valence electrons. The predicted molar refractivity (Wildman–Crippen MR) is 102 cm³/mol. The van der Waals surface area contributed by atoms with Gasteiger partial charge in [-0.15, -0.1) is 34.6 Å². The van der Waals surface area contributed by atoms with E-state index in [0.717, 1.165) is 50.7 Å². The maximum absolute atomic E-state index is 5.50. The van der Waals surface area contributed by atoms with Crippen molar-refractivity contribution in [3.63, 3.8) is 0 Å². The summed E-state index contributed by atoms with van der Waals surface area (Å²) in [6.07, 6.45) is 3.46. The lowest BCUT2D eigenvalue weighted by Gasteiger charge is -2.27. The van der Waals surface area contributed by atoms with Gasteiger partial charge in [0.25, 0.3) is 0 Å². The van der Waals surface area contributed by atoms with Gasteiger partial charge in [-0.3, -0.25) is 4.98 Å². The number of rotatable bonds is 4. The van der Waals surface area contributed by atoms with Crippen molar-refractivity contribution in [3.8, 4) is 22.5 Å². The Bertz CT molecular complexity index is 1070. The number of hydrogen-bond donors (Lipinski definition) is 3. The molecule has 1 aliphatic heterocycles. The van der Waals surface area contributed by atoms with Gasteiger partial charge in [0, 0.05) is 51.5 Å². The molecule has 9 heteroatoms. The predicted octanol–water partition coefficient (Wildman–Crippen LogP) is 3.03. The average molecular weight is 382 g/mol. The molecule has 0 spiro atoms. The van der Waals surface area contributed by atoms with Gasteiger partial charge in [0.05, 0.1) is 6.26 Å². The number of thioether (sulfide) groups is 1. The molecule has 26 heavy (non-hydrogen) atoms. The van der Waals surface area contributed by atoms with E-state index < -0.39 is 0 Å². The topological polar surface area (TPSA) is 92.5 Å². The number of furan rings is 1. The van der Waals surface area contributed by atoms with Gasteiger partial charge in [0.1, 0.15) is 5.52 Å². The standard InChI is InChI=1S/C17H14N6OS2/c25-16-14(26-10-7-18-8-10)2-1-11(15(16)17-20-22-23-21-17)9-5-13-12(19-6-9)3-4-24-13/h1-6,10,18,25H,7-8H2,(H,20,21,22,23). The zero-order valence-electron chi connectivity index (χ0n) is 13.5. The van der Waals surface area contributed by atoms with Crippen molar-refractivity contribution in [3.05, 3.63) is 36.7 Å². The molecule has 5 rings (SSSR count). The highest BCUT2D eigenvalue weighted by Crippen LogP contribution is 2.42. The number of pyridine rings is 1. The van der Waals surface area contributed by atoms with Crippen molar-refractivity contribution in [1.82, 2.24) is 30.9 Å². The molecule has 1 fully saturated rings. The summed E-state index contributed by atoms with van der Waals surface area (Å²) in [6.45, 7) is 2.02. The number of fused-ring (bicyclic) bond motifs is 1. The van der Waals surface area contributed by atoms with E-state index in [4.69, 9.17) is 17.0 Å². The van der Waals surface area contributed by atoms with Crippen LogP contribution in [0.1, 0.15) is 0 Å². The first kappa shape index (κ1) is 15.9. The molecule has 1 aliphatic rings. The molecule has 1 aromatic carbocycles. The molecular formula is C17H14N6OS2. The van der Waals surface area contributed by atoms with E-state index in [1.165, 1.54) is 0 Å². The summed E-state index contributed by atoms with van der Waals surface area (Å²) in [4.78, 5) is 6.42. The van der Waals surface area contributed by atoms with Gasteiger partial charge in [0.2, 0.25) is 5.82 Å². The lowest BCUT2D eigenvalue weighted by atomic mass is 10.0. The van der Waals surface area contributed by atoms with E-state index in [1.807, 2.05) is 30.1 Å². The molecule has 2 N–H and O–H groups in total. The number of aromatic amines is 1. The molecule has 0 atom stereocenters. The maximum atomic E-state index is 5.50. The fourth-order valence-electron chi connectivity index (χ4n) is 2.92. The van der Waals surface area contributed by atoms with Crippen molar-refractivity contribution < 1.29 is 4.42 Å². The summed E-state index contributed by atoms with van der Waals surface area (Å²) < 4.78 is 5.50. The van der Waals surface area contributed by atoms with Crippen LogP contribution in [0.3, 0.4) is 0 Å². The first-order chi connectivity index (χ1) is 12.8. The Balaban J connectivity index is 1.67. The second-order valence-electron chi connectivity index (χ2n) is 6.00. The van der Waals surface area contributed by atoms with Crippen LogP contribution >= 0.6 is 24.4 Å². The number of nitrogens with zero attached hydrogens (tertiary/aromatic N) is 4. The third-order valence-corrected chi connectivity index (χ3v) is 6.24. The summed E-state index contributed by atoms with van der Waals surface area (Å²) >= 11 is 6.63. The Kier molecular flexibility index (Phi) is 3.92. The fraction of sp³-hybridized carbons (Fsp3) is 0.176. The largest absolute Gasteiger partial charge is 0.463 e. The zero-order valence-corrected chi connectivity index (χ0v) is 15.2. The van der Waals surface area contributed by atoms with Gasteiger partial charge in [-0.05, 0) is 22.9 Å². The molecular weight excluding hydrogens is 368 g/mol. The lowest BCUT2D eigenvalue weighted by molar-refractivity contribution is 0.543. The molecule has 4 aromatic rings. The van der Waals surface area contributed by atoms with Crippen LogP contribution in [0.2, 0.25) is 0 Å². The van der Waals surface area contributed by atoms with E-state index in [0.29, 0.717) is 11.1 Å². The minimum atomic E-state index is 0.513. The van der Waals surface area contributed by atoms with Gasteiger partial charge >= 0.3 is 0 Å². The second kappa shape index (κ2) is 6.42. The number of benzene rings is 1. The second-order valence-corrected chi connectivity index (χ2v) is 7.79. The van der Waals surface area contributed by atoms with Crippen molar-refractivity contribution >= 4 is 35.5 Å². The van der Waals surface area contributed by atoms with E-state index >= 15 is 0 Å². The van der Waals surface area contributed by atoms with Crippen LogP contribution in [-0.4, -0.2) is 43.9 Å². The number of aromatic nitrogens is 5. The summed E-state index contributed by atoms with van der Waals surface area (Å²) in [5.41, 5.74) is 4.27. The summed E-state index contributed by atoms with van der Waals surface area (Å²) in [7, 11) is 0. The summed E-state index contributed by atoms with van der Waals surface area (Å²) in [6, 6.07) is 7.97. The van der Waals surface area contributed by atoms with Gasteiger partial charge in [0.15, 0.2) is 5.58 Å². The Labute approximate surface area is 158 Å². The minimum Gasteiger partial charge on any atom is -0.463 e. The maximum Gasteiger partial charge on any atom is 0.206 e. The van der Waals surface area contributed by atoms with E-state index in [1.54, 1.807) is 6.26 Å². The minimum absolute atomic E-state index is 0.513. The van der Waals surface area contributed by atoms with Gasteiger partial charge in [-0.2, -0.15) is 5.21 Å². The number of thiol groups is 1. The summed E-state index contributed by atoms with van der Waals surface area (Å²) in [5.74, 6) is 0.513. The molecule has 0 unspecified atom stereocenters. The normalized spacial score (nSPS) is 14.7. The van der Waals surface area contributed by atoms with Gasteiger partial charge < -0.3 is 9.73 Å². The Morgan fingerprint density at radius 3 is 2.92 bits per heavy atom. The van der Waals surface area contributed by atoms with Crippen LogP contribution in [0, 0.1) is 0 Å². The highest BCUT2D eigenvalue weighted by atomic mass is 32.2. The van der Waals surface area contributed by atoms with Gasteiger partial charge in [-0.1, -0.05) is 6.07 Å². The quantitative estimate of drug-likeness (QED) is 0.467. The Morgan fingerprint density at radius 2 is 2.15 bits per heavy atom. The highest BCUT2D eigenvalue weighted by molar-refractivity contribution is 8.00. The molecule has 0 amide bonds. The smallest absolute Gasteiger partial charge is 0.206 e. The molecule has 1 saturated heterocycles. The monoisotopic (exact) mass is 382 g/mol.